The summed E-state index contributed by atoms with van der Waals surface area (Å²) in [5.41, 5.74) is 9.28. The Morgan fingerprint density at radius 3 is 2.60 bits per heavy atom. The molecule has 1 fully saturated rings. The number of morpholine rings is 1. The van der Waals surface area contributed by atoms with Crippen LogP contribution >= 0.6 is 0 Å². The summed E-state index contributed by atoms with van der Waals surface area (Å²) in [4.78, 5) is 0. The van der Waals surface area contributed by atoms with Crippen LogP contribution in [0.4, 0.5) is 10.1 Å². The molecule has 1 aliphatic rings. The van der Waals surface area contributed by atoms with Crippen molar-refractivity contribution in [2.75, 3.05) is 31.7 Å². The zero-order valence-corrected chi connectivity index (χ0v) is 10.8. The molecule has 1 aliphatic heterocycles. The minimum Gasteiger partial charge on any atom is -0.373 e. The van der Waals surface area contributed by atoms with E-state index in [1.165, 1.54) is 24.3 Å². The van der Waals surface area contributed by atoms with Gasteiger partial charge in [0.25, 0.3) is 0 Å². The van der Waals surface area contributed by atoms with Gasteiger partial charge in [0.2, 0.25) is 5.71 Å². The molecule has 0 saturated carbocycles. The quantitative estimate of drug-likeness (QED) is 0.365. The molecule has 7 heteroatoms. The summed E-state index contributed by atoms with van der Waals surface area (Å²) in [6.07, 6.45) is 0. The number of amidine groups is 1. The van der Waals surface area contributed by atoms with Gasteiger partial charge in [-0.15, -0.1) is 0 Å². The highest BCUT2D eigenvalue weighted by atomic mass is 19.1. The molecule has 1 saturated heterocycles. The number of nitrogens with one attached hydrogen (secondary N) is 1. The molecule has 0 unspecified atom stereocenters. The average Bonchev–Trinajstić information content (AvgIpc) is 2.50. The summed E-state index contributed by atoms with van der Waals surface area (Å²) < 4.78 is 19.8. The molecule has 6 nitrogen and oxygen atoms in total. The number of rotatable bonds is 3. The zero-order valence-electron chi connectivity index (χ0n) is 10.8. The number of halogens is 1. The summed E-state index contributed by atoms with van der Waals surface area (Å²) in [6, 6.07) is 7.61. The lowest BCUT2D eigenvalue weighted by atomic mass is 10.3. The second-order valence-electron chi connectivity index (χ2n) is 4.18. The van der Waals surface area contributed by atoms with Crippen molar-refractivity contribution in [3.8, 4) is 6.07 Å². The van der Waals surface area contributed by atoms with E-state index in [9.17, 15) is 4.39 Å². The van der Waals surface area contributed by atoms with E-state index in [0.717, 1.165) is 0 Å². The lowest BCUT2D eigenvalue weighted by Gasteiger charge is -2.14. The van der Waals surface area contributed by atoms with Crippen molar-refractivity contribution < 1.29 is 13.7 Å². The van der Waals surface area contributed by atoms with Gasteiger partial charge in [-0.2, -0.15) is 10.4 Å². The van der Waals surface area contributed by atoms with Crippen LogP contribution in [0.25, 0.3) is 0 Å². The van der Waals surface area contributed by atoms with E-state index >= 15 is 0 Å². The van der Waals surface area contributed by atoms with Crippen LogP contribution in [0.5, 0.6) is 0 Å². The summed E-state index contributed by atoms with van der Waals surface area (Å²) in [5, 5.41) is 13.1. The monoisotopic (exact) mass is 276 g/mol. The summed E-state index contributed by atoms with van der Waals surface area (Å²) in [6.45, 7) is 2.40. The first-order chi connectivity index (χ1) is 9.70. The Morgan fingerprint density at radius 2 is 2.00 bits per heavy atom. The summed E-state index contributed by atoms with van der Waals surface area (Å²) in [7, 11) is 0. The van der Waals surface area contributed by atoms with Gasteiger partial charge >= 0.3 is 5.84 Å². The lowest BCUT2D eigenvalue weighted by Crippen LogP contribution is -2.41. The van der Waals surface area contributed by atoms with Crippen molar-refractivity contribution in [3.63, 3.8) is 0 Å². The van der Waals surface area contributed by atoms with E-state index in [1.807, 2.05) is 10.6 Å². The highest BCUT2D eigenvalue weighted by Crippen LogP contribution is 2.07. The van der Waals surface area contributed by atoms with Gasteiger partial charge in [-0.05, 0) is 24.3 Å². The molecule has 104 valence electrons. The lowest BCUT2D eigenvalue weighted by molar-refractivity contribution is -0.548. The average molecular weight is 276 g/mol. The number of hydrogen-bond donors (Lipinski definition) is 2. The molecular formula is C13H15FN5O+. The first-order valence-electron chi connectivity index (χ1n) is 6.15. The van der Waals surface area contributed by atoms with Crippen molar-refractivity contribution in [3.05, 3.63) is 30.1 Å². The molecule has 1 aromatic carbocycles. The number of nitrogens with zero attached hydrogens (tertiary/aromatic N) is 3. The molecule has 0 aliphatic carbocycles. The van der Waals surface area contributed by atoms with E-state index in [2.05, 4.69) is 10.5 Å². The third kappa shape index (κ3) is 3.52. The Hall–Kier alpha value is -2.46. The van der Waals surface area contributed by atoms with Gasteiger partial charge in [0.15, 0.2) is 0 Å². The van der Waals surface area contributed by atoms with Crippen molar-refractivity contribution in [2.24, 2.45) is 10.8 Å². The first-order valence-corrected chi connectivity index (χ1v) is 6.15. The Kier molecular flexibility index (Phi) is 4.63. The zero-order chi connectivity index (χ0) is 14.4. The van der Waals surface area contributed by atoms with E-state index in [1.54, 1.807) is 0 Å². The maximum atomic E-state index is 12.8. The SMILES string of the molecule is N#C/C(=N/Nc1ccc(F)cc1)C(N)=[N+]1CCOCC1. The molecule has 1 heterocycles. The fraction of sp³-hybridized carbons (Fsp3) is 0.308. The van der Waals surface area contributed by atoms with Gasteiger partial charge in [0, 0.05) is 0 Å². The number of benzene rings is 1. The molecular weight excluding hydrogens is 261 g/mol. The molecule has 3 N–H and O–H groups in total. The second-order valence-corrected chi connectivity index (χ2v) is 4.18. The third-order valence-electron chi connectivity index (χ3n) is 2.84. The number of nitriles is 1. The van der Waals surface area contributed by atoms with Crippen LogP contribution < -0.4 is 11.2 Å². The van der Waals surface area contributed by atoms with Crippen LogP contribution in [0.15, 0.2) is 29.4 Å². The van der Waals surface area contributed by atoms with E-state index in [-0.39, 0.29) is 11.5 Å². The van der Waals surface area contributed by atoms with Crippen molar-refractivity contribution in [1.82, 2.24) is 0 Å². The minimum atomic E-state index is -0.334. The third-order valence-corrected chi connectivity index (χ3v) is 2.84. The minimum absolute atomic E-state index is 0.0937. The molecule has 0 atom stereocenters. The Balaban J connectivity index is 2.13. The summed E-state index contributed by atoms with van der Waals surface area (Å²) in [5.74, 6) is -0.0233. The molecule has 20 heavy (non-hydrogen) atoms. The highest BCUT2D eigenvalue weighted by molar-refractivity contribution is 6.45. The maximum Gasteiger partial charge on any atom is 0.307 e. The second kappa shape index (κ2) is 6.63. The molecule has 0 radical (unpaired) electrons. The van der Waals surface area contributed by atoms with Crippen LogP contribution in [0.2, 0.25) is 0 Å². The summed E-state index contributed by atoms with van der Waals surface area (Å²) >= 11 is 0. The standard InChI is InChI=1S/C13H14FN5O/c14-10-1-3-11(4-2-10)17-18-12(9-15)13(16)19-5-7-20-8-6-19/h1-4H,5-8H2,(H2,16,17)/p+1. The largest absolute Gasteiger partial charge is 0.373 e. The smallest absolute Gasteiger partial charge is 0.307 e. The van der Waals surface area contributed by atoms with E-state index in [4.69, 9.17) is 15.7 Å². The van der Waals surface area contributed by atoms with Gasteiger partial charge in [-0.3, -0.25) is 15.7 Å². The van der Waals surface area contributed by atoms with Crippen LogP contribution in [0.3, 0.4) is 0 Å². The fourth-order valence-corrected chi connectivity index (χ4v) is 1.74. The number of hydrogen-bond acceptors (Lipinski definition) is 4. The van der Waals surface area contributed by atoms with E-state index in [0.29, 0.717) is 37.8 Å². The van der Waals surface area contributed by atoms with Crippen molar-refractivity contribution >= 4 is 17.2 Å². The first kappa shape index (κ1) is 14.0. The molecule has 0 bridgehead atoms. The van der Waals surface area contributed by atoms with Crippen LogP contribution in [-0.4, -0.2) is 42.4 Å². The Morgan fingerprint density at radius 1 is 1.35 bits per heavy atom. The molecule has 1 aromatic rings. The number of hydrazone groups is 1. The molecule has 0 amide bonds. The molecule has 0 spiro atoms. The fourth-order valence-electron chi connectivity index (χ4n) is 1.74. The molecule has 2 rings (SSSR count). The predicted octanol–water partition coefficient (Wildman–Crippen LogP) is 0.517. The Bertz CT molecular complexity index is 565. The van der Waals surface area contributed by atoms with Gasteiger partial charge < -0.3 is 4.74 Å². The predicted molar refractivity (Wildman–Crippen MR) is 73.1 cm³/mol. The van der Waals surface area contributed by atoms with E-state index < -0.39 is 0 Å². The molecule has 0 aromatic heterocycles. The maximum absolute atomic E-state index is 12.8. The number of nitrogens with two attached hydrogens (primary N) is 1. The van der Waals surface area contributed by atoms with Gasteiger partial charge in [-0.1, -0.05) is 0 Å². The van der Waals surface area contributed by atoms with Crippen molar-refractivity contribution in [2.45, 2.75) is 0 Å². The Labute approximate surface area is 116 Å². The normalized spacial score (nSPS) is 15.6. The van der Waals surface area contributed by atoms with Crippen LogP contribution in [0, 0.1) is 17.1 Å². The number of ether oxygens (including phenoxy) is 1. The number of anilines is 1. The topological polar surface area (TPSA) is 86.4 Å². The van der Waals surface area contributed by atoms with Crippen LogP contribution in [0.1, 0.15) is 0 Å². The van der Waals surface area contributed by atoms with Gasteiger partial charge in [-0.25, -0.2) is 4.39 Å². The van der Waals surface area contributed by atoms with Crippen LogP contribution in [-0.2, 0) is 4.74 Å². The van der Waals surface area contributed by atoms with Gasteiger partial charge in [0.1, 0.15) is 25.0 Å². The van der Waals surface area contributed by atoms with Gasteiger partial charge in [0.05, 0.1) is 18.9 Å². The highest BCUT2D eigenvalue weighted by Gasteiger charge is 2.18. The van der Waals surface area contributed by atoms with Crippen molar-refractivity contribution in [1.29, 1.82) is 5.26 Å².